The Morgan fingerprint density at radius 3 is 2.45 bits per heavy atom. The highest BCUT2D eigenvalue weighted by Crippen LogP contribution is 2.22. The van der Waals surface area contributed by atoms with Gasteiger partial charge in [-0.2, -0.15) is 0 Å². The zero-order valence-corrected chi connectivity index (χ0v) is 18.3. The predicted molar refractivity (Wildman–Crippen MR) is 119 cm³/mol. The molecule has 2 aromatic carbocycles. The number of nitrogens with zero attached hydrogens (tertiary/aromatic N) is 2. The molecule has 0 saturated heterocycles. The average Bonchev–Trinajstić information content (AvgIpc) is 2.79. The third-order valence-electron chi connectivity index (χ3n) is 4.49. The van der Waals surface area contributed by atoms with E-state index in [0.717, 1.165) is 22.6 Å². The molecule has 0 saturated carbocycles. The molecule has 0 aliphatic rings. The summed E-state index contributed by atoms with van der Waals surface area (Å²) in [5, 5.41) is 11.7. The molecular weight excluding hydrogens is 418 g/mol. The number of halogens is 1. The van der Waals surface area contributed by atoms with Gasteiger partial charge in [-0.3, -0.25) is 4.79 Å². The van der Waals surface area contributed by atoms with Crippen molar-refractivity contribution in [2.45, 2.75) is 20.0 Å². The van der Waals surface area contributed by atoms with Gasteiger partial charge in [-0.05, 0) is 67.9 Å². The van der Waals surface area contributed by atoms with Crippen molar-refractivity contribution in [3.63, 3.8) is 0 Å². The topological polar surface area (TPSA) is 82.6 Å². The van der Waals surface area contributed by atoms with Crippen LogP contribution in [0.4, 0.5) is 0 Å². The van der Waals surface area contributed by atoms with Crippen molar-refractivity contribution in [1.29, 1.82) is 0 Å². The molecule has 1 N–H and O–H groups in total. The molecule has 3 aromatic rings. The van der Waals surface area contributed by atoms with E-state index in [4.69, 9.17) is 25.8 Å². The van der Waals surface area contributed by atoms with Gasteiger partial charge >= 0.3 is 0 Å². The van der Waals surface area contributed by atoms with Gasteiger partial charge in [-0.15, -0.1) is 10.2 Å². The fraction of sp³-hybridized carbons (Fsp3) is 0.261. The Hall–Kier alpha value is -3.32. The smallest absolute Gasteiger partial charge is 0.260 e. The Kier molecular flexibility index (Phi) is 7.67. The lowest BCUT2D eigenvalue weighted by Gasteiger charge is -2.15. The average molecular weight is 442 g/mol. The number of methoxy groups -OCH3 is 1. The van der Waals surface area contributed by atoms with Crippen molar-refractivity contribution >= 4 is 17.5 Å². The van der Waals surface area contributed by atoms with Crippen molar-refractivity contribution in [1.82, 2.24) is 15.5 Å². The first-order valence-corrected chi connectivity index (χ1v) is 10.2. The standard InChI is InChI=1S/C23H24ClN3O4/c1-15-14-19(8-9-20(15)24)31-16(2)23(28)25-12-13-30-22-11-10-21(26-27-22)17-4-6-18(29-3)7-5-17/h4-11,14,16H,12-13H2,1-3H3,(H,25,28). The largest absolute Gasteiger partial charge is 0.497 e. The molecule has 0 aliphatic heterocycles. The van der Waals surface area contributed by atoms with Gasteiger partial charge in [0.2, 0.25) is 5.88 Å². The van der Waals surface area contributed by atoms with Crippen LogP contribution in [0.5, 0.6) is 17.4 Å². The van der Waals surface area contributed by atoms with Crippen LogP contribution in [0.2, 0.25) is 5.02 Å². The van der Waals surface area contributed by atoms with E-state index in [9.17, 15) is 4.79 Å². The highest BCUT2D eigenvalue weighted by atomic mass is 35.5. The van der Waals surface area contributed by atoms with E-state index in [1.54, 1.807) is 38.3 Å². The fourth-order valence-electron chi connectivity index (χ4n) is 2.73. The zero-order valence-electron chi connectivity index (χ0n) is 17.6. The fourth-order valence-corrected chi connectivity index (χ4v) is 2.85. The second-order valence-electron chi connectivity index (χ2n) is 6.80. The number of ether oxygens (including phenoxy) is 3. The molecule has 0 bridgehead atoms. The summed E-state index contributed by atoms with van der Waals surface area (Å²) in [5.74, 6) is 1.51. The Bertz CT molecular complexity index is 1010. The summed E-state index contributed by atoms with van der Waals surface area (Å²) in [6.45, 7) is 4.14. The number of aryl methyl sites for hydroxylation is 1. The highest BCUT2D eigenvalue weighted by Gasteiger charge is 2.14. The van der Waals surface area contributed by atoms with E-state index in [0.29, 0.717) is 23.2 Å². The molecule has 0 fully saturated rings. The van der Waals surface area contributed by atoms with Crippen LogP contribution < -0.4 is 19.5 Å². The van der Waals surface area contributed by atoms with Crippen LogP contribution in [-0.4, -0.2) is 42.5 Å². The maximum Gasteiger partial charge on any atom is 0.260 e. The second-order valence-corrected chi connectivity index (χ2v) is 7.20. The molecule has 8 heteroatoms. The summed E-state index contributed by atoms with van der Waals surface area (Å²) >= 11 is 6.00. The summed E-state index contributed by atoms with van der Waals surface area (Å²) in [6, 6.07) is 16.4. The first-order chi connectivity index (χ1) is 15.0. The van der Waals surface area contributed by atoms with Crippen molar-refractivity contribution in [3.8, 4) is 28.6 Å². The molecule has 1 aromatic heterocycles. The molecule has 7 nitrogen and oxygen atoms in total. The van der Waals surface area contributed by atoms with Crippen LogP contribution in [0.25, 0.3) is 11.3 Å². The predicted octanol–water partition coefficient (Wildman–Crippen LogP) is 4.08. The van der Waals surface area contributed by atoms with Crippen molar-refractivity contribution < 1.29 is 19.0 Å². The van der Waals surface area contributed by atoms with Crippen LogP contribution in [0.1, 0.15) is 12.5 Å². The van der Waals surface area contributed by atoms with Crippen LogP contribution in [-0.2, 0) is 4.79 Å². The number of benzene rings is 2. The quantitative estimate of drug-likeness (QED) is 0.504. The van der Waals surface area contributed by atoms with Crippen molar-refractivity contribution in [2.24, 2.45) is 0 Å². The first-order valence-electron chi connectivity index (χ1n) is 9.77. The number of carbonyl (C=O) groups is 1. The Morgan fingerprint density at radius 2 is 1.81 bits per heavy atom. The molecule has 0 aliphatic carbocycles. The monoisotopic (exact) mass is 441 g/mol. The minimum absolute atomic E-state index is 0.239. The van der Waals surface area contributed by atoms with E-state index in [-0.39, 0.29) is 12.5 Å². The number of rotatable bonds is 9. The van der Waals surface area contributed by atoms with Crippen molar-refractivity contribution in [3.05, 3.63) is 65.2 Å². The molecule has 162 valence electrons. The lowest BCUT2D eigenvalue weighted by molar-refractivity contribution is -0.127. The van der Waals surface area contributed by atoms with Gasteiger partial charge in [0.1, 0.15) is 18.1 Å². The van der Waals surface area contributed by atoms with Crippen molar-refractivity contribution in [2.75, 3.05) is 20.3 Å². The Morgan fingerprint density at radius 1 is 1.06 bits per heavy atom. The molecule has 0 radical (unpaired) electrons. The van der Waals surface area contributed by atoms with E-state index in [2.05, 4.69) is 15.5 Å². The van der Waals surface area contributed by atoms with E-state index < -0.39 is 6.10 Å². The molecule has 1 heterocycles. The molecular formula is C23H24ClN3O4. The first kappa shape index (κ1) is 22.4. The molecule has 31 heavy (non-hydrogen) atoms. The number of aromatic nitrogens is 2. The molecule has 1 atom stereocenters. The maximum atomic E-state index is 12.2. The summed E-state index contributed by atoms with van der Waals surface area (Å²) in [5.41, 5.74) is 2.54. The van der Waals surface area contributed by atoms with Gasteiger partial charge in [0.25, 0.3) is 5.91 Å². The normalized spacial score (nSPS) is 11.5. The van der Waals surface area contributed by atoms with Gasteiger partial charge < -0.3 is 19.5 Å². The van der Waals surface area contributed by atoms with Gasteiger partial charge in [-0.25, -0.2) is 0 Å². The summed E-state index contributed by atoms with van der Waals surface area (Å²) in [4.78, 5) is 12.2. The molecule has 0 spiro atoms. The van der Waals surface area contributed by atoms with E-state index >= 15 is 0 Å². The minimum Gasteiger partial charge on any atom is -0.497 e. The Labute approximate surface area is 186 Å². The molecule has 1 unspecified atom stereocenters. The highest BCUT2D eigenvalue weighted by molar-refractivity contribution is 6.31. The third kappa shape index (κ3) is 6.33. The number of nitrogens with one attached hydrogen (secondary N) is 1. The number of amides is 1. The number of carbonyl (C=O) groups excluding carboxylic acids is 1. The second kappa shape index (κ2) is 10.6. The molecule has 3 rings (SSSR count). The lowest BCUT2D eigenvalue weighted by atomic mass is 10.1. The number of hydrogen-bond acceptors (Lipinski definition) is 6. The van der Waals surface area contributed by atoms with E-state index in [1.165, 1.54) is 0 Å². The Balaban J connectivity index is 1.42. The van der Waals surface area contributed by atoms with Crippen LogP contribution in [0.15, 0.2) is 54.6 Å². The molecule has 1 amide bonds. The zero-order chi connectivity index (χ0) is 22.2. The summed E-state index contributed by atoms with van der Waals surface area (Å²) < 4.78 is 16.4. The van der Waals surface area contributed by atoms with Gasteiger partial charge in [-0.1, -0.05) is 11.6 Å². The summed E-state index contributed by atoms with van der Waals surface area (Å²) in [6.07, 6.45) is -0.649. The van der Waals surface area contributed by atoms with Gasteiger partial charge in [0.15, 0.2) is 6.10 Å². The number of hydrogen-bond donors (Lipinski definition) is 1. The van der Waals surface area contributed by atoms with Crippen LogP contribution in [0.3, 0.4) is 0 Å². The third-order valence-corrected chi connectivity index (χ3v) is 4.91. The maximum absolute atomic E-state index is 12.2. The minimum atomic E-state index is -0.649. The SMILES string of the molecule is COc1ccc(-c2ccc(OCCNC(=O)C(C)Oc3ccc(Cl)c(C)c3)nn2)cc1. The van der Waals surface area contributed by atoms with Gasteiger partial charge in [0.05, 0.1) is 19.3 Å². The van der Waals surface area contributed by atoms with Crippen LogP contribution in [0, 0.1) is 6.92 Å². The van der Waals surface area contributed by atoms with Gasteiger partial charge in [0, 0.05) is 16.7 Å². The lowest BCUT2D eigenvalue weighted by Crippen LogP contribution is -2.38. The summed E-state index contributed by atoms with van der Waals surface area (Å²) in [7, 11) is 1.62. The van der Waals surface area contributed by atoms with Crippen LogP contribution >= 0.6 is 11.6 Å². The van der Waals surface area contributed by atoms with E-state index in [1.807, 2.05) is 37.3 Å².